The van der Waals surface area contributed by atoms with Gasteiger partial charge in [-0.2, -0.15) is 0 Å². The molecule has 1 fully saturated rings. The summed E-state index contributed by atoms with van der Waals surface area (Å²) in [6, 6.07) is 10.1. The van der Waals surface area contributed by atoms with Gasteiger partial charge in [0, 0.05) is 38.8 Å². The molecule has 2 aromatic rings. The zero-order valence-corrected chi connectivity index (χ0v) is 17.4. The van der Waals surface area contributed by atoms with Gasteiger partial charge in [0.15, 0.2) is 5.96 Å². The van der Waals surface area contributed by atoms with Crippen LogP contribution < -0.4 is 20.7 Å². The fourth-order valence-corrected chi connectivity index (χ4v) is 3.91. The van der Waals surface area contributed by atoms with E-state index >= 15 is 0 Å². The molecule has 30 heavy (non-hydrogen) atoms. The van der Waals surface area contributed by atoms with Crippen LogP contribution in [0.5, 0.6) is 0 Å². The highest BCUT2D eigenvalue weighted by atomic mass is 32.2. The second-order valence-electron chi connectivity index (χ2n) is 7.11. The summed E-state index contributed by atoms with van der Waals surface area (Å²) in [6.45, 7) is 1.84. The molecule has 1 unspecified atom stereocenters. The smallest absolute Gasteiger partial charge is 0.238 e. The van der Waals surface area contributed by atoms with Crippen LogP contribution in [0.15, 0.2) is 52.4 Å². The molecule has 1 heterocycles. The van der Waals surface area contributed by atoms with Crippen molar-refractivity contribution in [2.75, 3.05) is 31.6 Å². The lowest BCUT2D eigenvalue weighted by Crippen LogP contribution is -2.45. The SMILES string of the molecule is CN=C(NCCc1ccc(S(N)(=O)=O)cc1)NC1CCN(c2ccc(F)cc2F)C1. The lowest BCUT2D eigenvalue weighted by molar-refractivity contribution is 0.580. The van der Waals surface area contributed by atoms with E-state index in [1.807, 2.05) is 4.90 Å². The topological polar surface area (TPSA) is 99.8 Å². The lowest BCUT2D eigenvalue weighted by Gasteiger charge is -2.21. The first-order valence-corrected chi connectivity index (χ1v) is 11.1. The van der Waals surface area contributed by atoms with Gasteiger partial charge in [0.1, 0.15) is 11.6 Å². The van der Waals surface area contributed by atoms with Crippen LogP contribution in [-0.2, 0) is 16.4 Å². The molecule has 1 saturated heterocycles. The quantitative estimate of drug-likeness (QED) is 0.471. The minimum absolute atomic E-state index is 0.0784. The van der Waals surface area contributed by atoms with Crippen LogP contribution in [0.1, 0.15) is 12.0 Å². The van der Waals surface area contributed by atoms with E-state index in [0.29, 0.717) is 37.7 Å². The zero-order valence-electron chi connectivity index (χ0n) is 16.6. The minimum atomic E-state index is -3.69. The van der Waals surface area contributed by atoms with Gasteiger partial charge in [-0.05, 0) is 42.7 Å². The Hall–Kier alpha value is -2.72. The lowest BCUT2D eigenvalue weighted by atomic mass is 10.1. The Kier molecular flexibility index (Phi) is 6.88. The number of anilines is 1. The molecule has 1 aliphatic rings. The number of sulfonamides is 1. The predicted molar refractivity (Wildman–Crippen MR) is 113 cm³/mol. The molecule has 1 aliphatic heterocycles. The van der Waals surface area contributed by atoms with E-state index in [2.05, 4.69) is 15.6 Å². The molecule has 0 aliphatic carbocycles. The van der Waals surface area contributed by atoms with Crippen LogP contribution in [0.4, 0.5) is 14.5 Å². The van der Waals surface area contributed by atoms with E-state index in [9.17, 15) is 17.2 Å². The van der Waals surface area contributed by atoms with Gasteiger partial charge >= 0.3 is 0 Å². The Morgan fingerprint density at radius 1 is 1.23 bits per heavy atom. The summed E-state index contributed by atoms with van der Waals surface area (Å²) in [7, 11) is -2.02. The Bertz CT molecular complexity index is 1010. The summed E-state index contributed by atoms with van der Waals surface area (Å²) in [5, 5.41) is 11.6. The third-order valence-electron chi connectivity index (χ3n) is 4.96. The average Bonchev–Trinajstić information content (AvgIpc) is 3.15. The summed E-state index contributed by atoms with van der Waals surface area (Å²) in [5.74, 6) is -0.525. The molecule has 2 aromatic carbocycles. The van der Waals surface area contributed by atoms with Gasteiger partial charge in [0.05, 0.1) is 10.6 Å². The monoisotopic (exact) mass is 437 g/mol. The van der Waals surface area contributed by atoms with Crippen LogP contribution in [0.25, 0.3) is 0 Å². The molecular formula is C20H25F2N5O2S. The van der Waals surface area contributed by atoms with E-state index in [0.717, 1.165) is 18.1 Å². The number of hydrogen-bond acceptors (Lipinski definition) is 4. The van der Waals surface area contributed by atoms with Crippen LogP contribution in [0.2, 0.25) is 0 Å². The van der Waals surface area contributed by atoms with E-state index in [1.54, 1.807) is 19.2 Å². The van der Waals surface area contributed by atoms with Crippen LogP contribution in [0.3, 0.4) is 0 Å². The van der Waals surface area contributed by atoms with Crippen molar-refractivity contribution >= 4 is 21.7 Å². The largest absolute Gasteiger partial charge is 0.367 e. The molecule has 0 bridgehead atoms. The van der Waals surface area contributed by atoms with E-state index < -0.39 is 21.7 Å². The maximum absolute atomic E-state index is 14.0. The number of rotatable bonds is 6. The first-order chi connectivity index (χ1) is 14.3. The number of nitrogens with two attached hydrogens (primary N) is 1. The highest BCUT2D eigenvalue weighted by Gasteiger charge is 2.25. The number of halogens is 2. The highest BCUT2D eigenvalue weighted by Crippen LogP contribution is 2.24. The van der Waals surface area contributed by atoms with Crippen molar-refractivity contribution in [3.63, 3.8) is 0 Å². The maximum Gasteiger partial charge on any atom is 0.238 e. The van der Waals surface area contributed by atoms with Crippen LogP contribution in [-0.4, -0.2) is 47.1 Å². The van der Waals surface area contributed by atoms with Gasteiger partial charge in [-0.15, -0.1) is 0 Å². The number of hydrogen-bond donors (Lipinski definition) is 3. The number of aliphatic imine (C=N–C) groups is 1. The Morgan fingerprint density at radius 3 is 2.60 bits per heavy atom. The molecule has 7 nitrogen and oxygen atoms in total. The van der Waals surface area contributed by atoms with Crippen LogP contribution in [0, 0.1) is 11.6 Å². The second-order valence-corrected chi connectivity index (χ2v) is 8.67. The van der Waals surface area contributed by atoms with Crippen LogP contribution >= 0.6 is 0 Å². The van der Waals surface area contributed by atoms with Gasteiger partial charge in [-0.1, -0.05) is 12.1 Å². The zero-order chi connectivity index (χ0) is 21.7. The molecule has 10 heteroatoms. The molecule has 0 saturated carbocycles. The van der Waals surface area contributed by atoms with Gasteiger partial charge in [0.25, 0.3) is 0 Å². The first kappa shape index (κ1) is 22.0. The Morgan fingerprint density at radius 2 is 1.97 bits per heavy atom. The van der Waals surface area contributed by atoms with Gasteiger partial charge in [-0.3, -0.25) is 4.99 Å². The fraction of sp³-hybridized carbons (Fsp3) is 0.350. The molecule has 162 valence electrons. The van der Waals surface area contributed by atoms with Crippen molar-refractivity contribution in [3.05, 3.63) is 59.7 Å². The molecular weight excluding hydrogens is 412 g/mol. The highest BCUT2D eigenvalue weighted by molar-refractivity contribution is 7.89. The van der Waals surface area contributed by atoms with E-state index in [1.165, 1.54) is 24.3 Å². The summed E-state index contributed by atoms with van der Waals surface area (Å²) in [4.78, 5) is 6.18. The predicted octanol–water partition coefficient (Wildman–Crippen LogP) is 1.60. The third kappa shape index (κ3) is 5.67. The number of guanidine groups is 1. The summed E-state index contributed by atoms with van der Waals surface area (Å²) >= 11 is 0. The molecule has 0 spiro atoms. The summed E-state index contributed by atoms with van der Waals surface area (Å²) in [5.41, 5.74) is 1.36. The van der Waals surface area contributed by atoms with Gasteiger partial charge in [0.2, 0.25) is 10.0 Å². The molecule has 0 radical (unpaired) electrons. The van der Waals surface area contributed by atoms with Crippen molar-refractivity contribution in [2.24, 2.45) is 10.1 Å². The van der Waals surface area contributed by atoms with E-state index in [-0.39, 0.29) is 10.9 Å². The fourth-order valence-electron chi connectivity index (χ4n) is 3.39. The Labute approximate surface area is 175 Å². The molecule has 0 aromatic heterocycles. The Balaban J connectivity index is 1.48. The molecule has 3 rings (SSSR count). The van der Waals surface area contributed by atoms with Crippen molar-refractivity contribution in [3.8, 4) is 0 Å². The summed E-state index contributed by atoms with van der Waals surface area (Å²) < 4.78 is 49.7. The number of nitrogens with zero attached hydrogens (tertiary/aromatic N) is 2. The average molecular weight is 438 g/mol. The third-order valence-corrected chi connectivity index (χ3v) is 5.89. The molecule has 4 N–H and O–H groups in total. The number of benzene rings is 2. The normalized spacial score (nSPS) is 17.3. The maximum atomic E-state index is 14.0. The standard InChI is InChI=1S/C20H25F2N5O2S/c1-24-20(25-10-8-14-2-5-17(6-3-14)30(23,28)29)26-16-9-11-27(13-16)19-7-4-15(21)12-18(19)22/h2-7,12,16H,8-11,13H2,1H3,(H2,23,28,29)(H2,24,25,26). The number of primary sulfonamides is 1. The molecule has 0 amide bonds. The van der Waals surface area contributed by atoms with Gasteiger partial charge in [-0.25, -0.2) is 22.3 Å². The van der Waals surface area contributed by atoms with Crippen molar-refractivity contribution in [1.82, 2.24) is 10.6 Å². The van der Waals surface area contributed by atoms with Crippen molar-refractivity contribution in [1.29, 1.82) is 0 Å². The minimum Gasteiger partial charge on any atom is -0.367 e. The summed E-state index contributed by atoms with van der Waals surface area (Å²) in [6.07, 6.45) is 1.47. The van der Waals surface area contributed by atoms with E-state index in [4.69, 9.17) is 5.14 Å². The molecule has 1 atom stereocenters. The second kappa shape index (κ2) is 9.40. The van der Waals surface area contributed by atoms with Gasteiger partial charge < -0.3 is 15.5 Å². The first-order valence-electron chi connectivity index (χ1n) is 9.55. The number of nitrogens with one attached hydrogen (secondary N) is 2. The van der Waals surface area contributed by atoms with Crippen molar-refractivity contribution < 1.29 is 17.2 Å². The van der Waals surface area contributed by atoms with Crippen molar-refractivity contribution in [2.45, 2.75) is 23.8 Å².